The number of rotatable bonds is 9. The van der Waals surface area contributed by atoms with Crippen LogP contribution in [0.3, 0.4) is 0 Å². The Kier molecular flexibility index (Phi) is 9.77. The van der Waals surface area contributed by atoms with Crippen LogP contribution < -0.4 is 26.6 Å². The number of hydrogen-bond donors (Lipinski definition) is 3. The zero-order chi connectivity index (χ0) is 36.9. The number of anilines is 1. The molecule has 0 bridgehead atoms. The number of benzene rings is 2. The molecule has 2 saturated heterocycles. The Balaban J connectivity index is 1.15. The molecule has 2 amide bonds. The maximum atomic E-state index is 13.4. The van der Waals surface area contributed by atoms with Gasteiger partial charge in [0.25, 0.3) is 11.5 Å². The van der Waals surface area contributed by atoms with Gasteiger partial charge in [-0.25, -0.2) is 9.78 Å². The number of fused-ring (bicyclic) bond motifs is 1. The Morgan fingerprint density at radius 3 is 2.54 bits per heavy atom. The van der Waals surface area contributed by atoms with Crippen LogP contribution in [0.25, 0.3) is 22.4 Å². The molecule has 0 radical (unpaired) electrons. The highest BCUT2D eigenvalue weighted by atomic mass is 35.5. The number of ether oxygens (including phenoxy) is 1. The summed E-state index contributed by atoms with van der Waals surface area (Å²) in [4.78, 5) is 58.1. The normalized spacial score (nSPS) is 20.3. The van der Waals surface area contributed by atoms with Crippen molar-refractivity contribution in [2.24, 2.45) is 7.05 Å². The second-order valence-electron chi connectivity index (χ2n) is 14.1. The van der Waals surface area contributed by atoms with Gasteiger partial charge in [-0.3, -0.25) is 23.5 Å². The van der Waals surface area contributed by atoms with Gasteiger partial charge in [0.1, 0.15) is 5.56 Å². The molecule has 7 rings (SSSR count). The number of hydrogen-bond acceptors (Lipinski definition) is 8. The molecule has 2 aliphatic heterocycles. The van der Waals surface area contributed by atoms with E-state index in [1.54, 1.807) is 25.3 Å². The van der Waals surface area contributed by atoms with Gasteiger partial charge >= 0.3 is 5.69 Å². The third kappa shape index (κ3) is 6.64. The molecule has 0 unspecified atom stereocenters. The summed E-state index contributed by atoms with van der Waals surface area (Å²) in [6, 6.07) is 12.8. The number of amides is 2. The number of halogens is 2. The summed E-state index contributed by atoms with van der Waals surface area (Å²) in [6.07, 6.45) is 4.60. The lowest BCUT2D eigenvalue weighted by Gasteiger charge is -2.26. The highest BCUT2D eigenvalue weighted by molar-refractivity contribution is 6.39. The lowest BCUT2D eigenvalue weighted by atomic mass is 9.96. The molecule has 0 saturated carbocycles. The van der Waals surface area contributed by atoms with Gasteiger partial charge in [0.05, 0.1) is 46.7 Å². The van der Waals surface area contributed by atoms with E-state index in [-0.39, 0.29) is 40.2 Å². The Hall–Kier alpha value is -4.49. The molecule has 4 heterocycles. The molecule has 52 heavy (non-hydrogen) atoms. The monoisotopic (exact) mass is 746 g/mol. The standard InChI is InChI=1S/C38H40Cl2N6O6/c1-21(47)17-46-19-27(36(50)44(2)37(46)51)34(49)41-28-9-5-7-25(33(28)40)24-6-4-8-26(32(24)39)29-16-22-10-11-23(31(22)35(42-29)52-3)18-45-15-14-38(20-45)13-12-30(48)43-38/h4-9,16,19,21,23,47H,10-15,17-18,20H2,1-3H3,(H,41,49)(H,43,48)/t21-,23-,38-/m1/s1. The van der Waals surface area contributed by atoms with Crippen molar-refractivity contribution in [3.63, 3.8) is 0 Å². The van der Waals surface area contributed by atoms with E-state index < -0.39 is 23.3 Å². The number of aryl methyl sites for hydroxylation is 1. The van der Waals surface area contributed by atoms with Crippen LogP contribution in [-0.2, 0) is 24.8 Å². The largest absolute Gasteiger partial charge is 0.481 e. The number of likely N-dealkylation sites (tertiary alicyclic amines) is 1. The van der Waals surface area contributed by atoms with Gasteiger partial charge in [-0.2, -0.15) is 0 Å². The summed E-state index contributed by atoms with van der Waals surface area (Å²) < 4.78 is 7.83. The number of carbonyl (C=O) groups is 2. The third-order valence-corrected chi connectivity index (χ3v) is 11.3. The van der Waals surface area contributed by atoms with Crippen molar-refractivity contribution in [1.82, 2.24) is 24.3 Å². The quantitative estimate of drug-likeness (QED) is 0.225. The van der Waals surface area contributed by atoms with Crippen molar-refractivity contribution < 1.29 is 19.4 Å². The van der Waals surface area contributed by atoms with Crippen molar-refractivity contribution in [3.8, 4) is 28.3 Å². The number of aromatic nitrogens is 3. The van der Waals surface area contributed by atoms with E-state index in [1.807, 2.05) is 18.2 Å². The van der Waals surface area contributed by atoms with Crippen molar-refractivity contribution >= 4 is 40.7 Å². The van der Waals surface area contributed by atoms with E-state index in [0.717, 1.165) is 66.2 Å². The summed E-state index contributed by atoms with van der Waals surface area (Å²) in [5.74, 6) is 0.226. The molecule has 1 spiro atoms. The van der Waals surface area contributed by atoms with Crippen molar-refractivity contribution in [2.45, 2.75) is 63.1 Å². The highest BCUT2D eigenvalue weighted by Gasteiger charge is 2.44. The van der Waals surface area contributed by atoms with Gasteiger partial charge in [0.2, 0.25) is 11.8 Å². The fourth-order valence-corrected chi connectivity index (χ4v) is 8.54. The molecule has 2 aromatic carbocycles. The molecule has 272 valence electrons. The summed E-state index contributed by atoms with van der Waals surface area (Å²) in [7, 11) is 2.91. The molecular formula is C38H40Cl2N6O6. The minimum absolute atomic E-state index is 0.0906. The van der Waals surface area contributed by atoms with Crippen molar-refractivity contribution in [3.05, 3.63) is 96.2 Å². The first-order valence-electron chi connectivity index (χ1n) is 17.4. The SMILES string of the molecule is COc1nc(-c2cccc(-c3cccc(NC(=O)c4cn(C[C@@H](C)O)c(=O)n(C)c4=O)c3Cl)c2Cl)cc2c1[C@@H](CN1CC[C@]3(CCC(=O)N3)C1)CC2. The van der Waals surface area contributed by atoms with Gasteiger partial charge < -0.3 is 25.4 Å². The van der Waals surface area contributed by atoms with Gasteiger partial charge in [0.15, 0.2) is 0 Å². The molecule has 1 aliphatic carbocycles. The van der Waals surface area contributed by atoms with E-state index >= 15 is 0 Å². The Morgan fingerprint density at radius 2 is 1.83 bits per heavy atom. The average molecular weight is 748 g/mol. The number of aliphatic hydroxyl groups is 1. The Morgan fingerprint density at radius 1 is 1.10 bits per heavy atom. The zero-order valence-electron chi connectivity index (χ0n) is 29.2. The lowest BCUT2D eigenvalue weighted by molar-refractivity contribution is -0.119. The van der Waals surface area contributed by atoms with Gasteiger partial charge in [0, 0.05) is 67.5 Å². The molecule has 3 atom stereocenters. The van der Waals surface area contributed by atoms with Crippen LogP contribution in [0.5, 0.6) is 5.88 Å². The summed E-state index contributed by atoms with van der Waals surface area (Å²) in [5.41, 5.74) is 3.25. The fraction of sp³-hybridized carbons (Fsp3) is 0.395. The molecule has 4 aromatic rings. The predicted molar refractivity (Wildman–Crippen MR) is 199 cm³/mol. The van der Waals surface area contributed by atoms with Crippen molar-refractivity contribution in [2.75, 3.05) is 32.1 Å². The first-order chi connectivity index (χ1) is 24.9. The van der Waals surface area contributed by atoms with Crippen molar-refractivity contribution in [1.29, 1.82) is 0 Å². The van der Waals surface area contributed by atoms with Crippen LogP contribution in [0.15, 0.2) is 58.3 Å². The number of pyridine rings is 1. The second kappa shape index (κ2) is 14.1. The Bertz CT molecular complexity index is 2220. The number of methoxy groups -OCH3 is 1. The summed E-state index contributed by atoms with van der Waals surface area (Å²) >= 11 is 14.0. The van der Waals surface area contributed by atoms with Crippen LogP contribution in [0.4, 0.5) is 5.69 Å². The van der Waals surface area contributed by atoms with Crippen LogP contribution in [-0.4, -0.2) is 74.3 Å². The highest BCUT2D eigenvalue weighted by Crippen LogP contribution is 2.45. The van der Waals surface area contributed by atoms with Crippen LogP contribution in [0.1, 0.15) is 60.0 Å². The molecule has 14 heteroatoms. The average Bonchev–Trinajstić information content (AvgIpc) is 3.83. The molecule has 3 N–H and O–H groups in total. The predicted octanol–water partition coefficient (Wildman–Crippen LogP) is 4.61. The molecule has 12 nitrogen and oxygen atoms in total. The van der Waals surface area contributed by atoms with Crippen LogP contribution in [0.2, 0.25) is 10.0 Å². The van der Waals surface area contributed by atoms with Gasteiger partial charge in [-0.15, -0.1) is 0 Å². The lowest BCUT2D eigenvalue weighted by Crippen LogP contribution is -2.44. The zero-order valence-corrected chi connectivity index (χ0v) is 30.7. The molecule has 2 fully saturated rings. The van der Waals surface area contributed by atoms with Crippen LogP contribution in [0, 0.1) is 0 Å². The number of carbonyl (C=O) groups excluding carboxylic acids is 2. The first-order valence-corrected chi connectivity index (χ1v) is 18.1. The fourth-order valence-electron chi connectivity index (χ4n) is 7.94. The van der Waals surface area contributed by atoms with E-state index in [4.69, 9.17) is 32.9 Å². The second-order valence-corrected chi connectivity index (χ2v) is 14.9. The topological polar surface area (TPSA) is 148 Å². The van der Waals surface area contributed by atoms with Gasteiger partial charge in [-0.05, 0) is 50.3 Å². The molecule has 3 aliphatic rings. The maximum absolute atomic E-state index is 13.4. The van der Waals surface area contributed by atoms with E-state index in [9.17, 15) is 24.3 Å². The van der Waals surface area contributed by atoms with E-state index in [0.29, 0.717) is 39.7 Å². The minimum Gasteiger partial charge on any atom is -0.481 e. The number of nitrogens with zero attached hydrogens (tertiary/aromatic N) is 4. The first kappa shape index (κ1) is 35.9. The Labute approximate surface area is 310 Å². The van der Waals surface area contributed by atoms with Gasteiger partial charge in [-0.1, -0.05) is 53.5 Å². The molecule has 2 aromatic heterocycles. The maximum Gasteiger partial charge on any atom is 0.330 e. The van der Waals surface area contributed by atoms with Crippen LogP contribution >= 0.6 is 23.2 Å². The summed E-state index contributed by atoms with van der Waals surface area (Å²) in [6.45, 7) is 4.10. The van der Waals surface area contributed by atoms with E-state index in [2.05, 4.69) is 21.6 Å². The summed E-state index contributed by atoms with van der Waals surface area (Å²) in [5, 5.41) is 16.3. The third-order valence-electron chi connectivity index (χ3n) is 10.5. The molecular weight excluding hydrogens is 707 g/mol. The van der Waals surface area contributed by atoms with E-state index in [1.165, 1.54) is 19.5 Å². The number of aliphatic hydroxyl groups excluding tert-OH is 1. The smallest absolute Gasteiger partial charge is 0.330 e. The number of nitrogens with one attached hydrogen (secondary N) is 2. The minimum atomic E-state index is -0.875.